The van der Waals surface area contributed by atoms with Gasteiger partial charge in [-0.05, 0) is 70.2 Å². The number of hydrogen-bond donors (Lipinski definition) is 2. The first-order valence-corrected chi connectivity index (χ1v) is 11.2. The molecule has 0 unspecified atom stereocenters. The minimum atomic E-state index is -4.44. The molecule has 0 radical (unpaired) electrons. The maximum Gasteiger partial charge on any atom is 0.339 e. The molecule has 0 aliphatic rings. The number of halogens is 4. The number of benzene rings is 2. The zero-order valence-electron chi connectivity index (χ0n) is 20.3. The molecule has 0 fully saturated rings. The van der Waals surface area contributed by atoms with Gasteiger partial charge in [-0.25, -0.2) is 0 Å². The van der Waals surface area contributed by atoms with Crippen LogP contribution in [-0.2, 0) is 11.8 Å². The average Bonchev–Trinajstić information content (AvgIpc) is 2.66. The molecule has 0 aliphatic heterocycles. The normalized spacial score (nSPS) is 13.1. The van der Waals surface area contributed by atoms with Crippen LogP contribution in [0.15, 0.2) is 24.3 Å². The van der Waals surface area contributed by atoms with Gasteiger partial charge in [0, 0.05) is 22.5 Å². The third-order valence-corrected chi connectivity index (χ3v) is 6.10. The van der Waals surface area contributed by atoms with E-state index in [4.69, 9.17) is 11.5 Å². The Bertz CT molecular complexity index is 838. The Balaban J connectivity index is 2.79. The van der Waals surface area contributed by atoms with E-state index in [9.17, 15) is 0 Å². The van der Waals surface area contributed by atoms with E-state index in [-0.39, 0.29) is 23.7 Å². The Hall–Kier alpha value is -2.24. The van der Waals surface area contributed by atoms with E-state index in [0.717, 1.165) is 24.3 Å². The van der Waals surface area contributed by atoms with Gasteiger partial charge in [0.1, 0.15) is 0 Å². The number of hydrogen-bond acceptors (Lipinski definition) is 2. The molecule has 32 heavy (non-hydrogen) atoms. The lowest BCUT2D eigenvalue weighted by Gasteiger charge is -2.31. The maximum absolute atomic E-state index is 15.6. The molecule has 0 saturated heterocycles. The van der Waals surface area contributed by atoms with E-state index < -0.39 is 23.0 Å². The molecule has 0 atom stereocenters. The lowest BCUT2D eigenvalue weighted by molar-refractivity contribution is -0.224. The van der Waals surface area contributed by atoms with Crippen LogP contribution in [0.25, 0.3) is 0 Å². The number of rotatable bonds is 7. The van der Waals surface area contributed by atoms with Crippen molar-refractivity contribution in [3.8, 4) is 0 Å². The Morgan fingerprint density at radius 2 is 0.688 bits per heavy atom. The standard InChI is InChI=1S/C26H36F4N2/c1-13(2)19-9-17(10-20(14(3)4)23(19)31)25(27,28)26(29,30)18-11-21(15(5)6)24(32)22(12-18)16(7)8/h9-16H,31-32H2,1-8H3. The van der Waals surface area contributed by atoms with Crippen LogP contribution in [0.1, 0.15) is 112 Å². The number of anilines is 2. The fourth-order valence-corrected chi connectivity index (χ4v) is 4.03. The monoisotopic (exact) mass is 452 g/mol. The third kappa shape index (κ3) is 4.46. The minimum absolute atomic E-state index is 0.187. The van der Waals surface area contributed by atoms with Crippen LogP contribution in [0.3, 0.4) is 0 Å². The first kappa shape index (κ1) is 26.0. The zero-order valence-corrected chi connectivity index (χ0v) is 20.3. The van der Waals surface area contributed by atoms with Crippen molar-refractivity contribution in [3.05, 3.63) is 57.6 Å². The minimum Gasteiger partial charge on any atom is -0.398 e. The Morgan fingerprint density at radius 1 is 0.500 bits per heavy atom. The fourth-order valence-electron chi connectivity index (χ4n) is 4.03. The van der Waals surface area contributed by atoms with Crippen molar-refractivity contribution < 1.29 is 17.6 Å². The van der Waals surface area contributed by atoms with Crippen LogP contribution >= 0.6 is 0 Å². The highest BCUT2D eigenvalue weighted by molar-refractivity contribution is 5.61. The van der Waals surface area contributed by atoms with Crippen molar-refractivity contribution in [3.63, 3.8) is 0 Å². The quantitative estimate of drug-likeness (QED) is 0.328. The highest BCUT2D eigenvalue weighted by atomic mass is 19.3. The SMILES string of the molecule is CC(C)c1cc(C(F)(F)C(F)(F)c2cc(C(C)C)c(N)c(C(C)C)c2)cc(C(C)C)c1N. The first-order chi connectivity index (χ1) is 14.5. The second-order valence-electron chi connectivity index (χ2n) is 9.90. The molecular formula is C26H36F4N2. The largest absolute Gasteiger partial charge is 0.398 e. The summed E-state index contributed by atoms with van der Waals surface area (Å²) >= 11 is 0. The second-order valence-corrected chi connectivity index (χ2v) is 9.90. The average molecular weight is 453 g/mol. The van der Waals surface area contributed by atoms with Crippen LogP contribution < -0.4 is 11.5 Å². The molecule has 0 aromatic heterocycles. The van der Waals surface area contributed by atoms with Gasteiger partial charge in [0.25, 0.3) is 0 Å². The van der Waals surface area contributed by atoms with E-state index in [1.165, 1.54) is 0 Å². The van der Waals surface area contributed by atoms with Crippen LogP contribution in [0.2, 0.25) is 0 Å². The molecule has 0 heterocycles. The van der Waals surface area contributed by atoms with Gasteiger partial charge in [0.15, 0.2) is 0 Å². The van der Waals surface area contributed by atoms with Crippen molar-refractivity contribution in [1.82, 2.24) is 0 Å². The fraction of sp³-hybridized carbons (Fsp3) is 0.538. The summed E-state index contributed by atoms with van der Waals surface area (Å²) in [5.41, 5.74) is 13.5. The molecule has 2 aromatic carbocycles. The summed E-state index contributed by atoms with van der Waals surface area (Å²) in [6.45, 7) is 14.4. The van der Waals surface area contributed by atoms with Crippen LogP contribution in [0, 0.1) is 0 Å². The van der Waals surface area contributed by atoms with E-state index in [2.05, 4.69) is 0 Å². The highest BCUT2D eigenvalue weighted by Crippen LogP contribution is 2.52. The molecule has 0 saturated carbocycles. The van der Waals surface area contributed by atoms with Gasteiger partial charge in [0.05, 0.1) is 0 Å². The van der Waals surface area contributed by atoms with Crippen molar-refractivity contribution in [2.75, 3.05) is 11.5 Å². The van der Waals surface area contributed by atoms with E-state index in [1.54, 1.807) is 55.4 Å². The predicted octanol–water partition coefficient (Wildman–Crippen LogP) is 8.23. The van der Waals surface area contributed by atoms with E-state index in [1.807, 2.05) is 0 Å². The van der Waals surface area contributed by atoms with Gasteiger partial charge in [0.2, 0.25) is 0 Å². The molecule has 2 aromatic rings. The number of nitrogen functional groups attached to an aromatic ring is 2. The molecule has 2 nitrogen and oxygen atoms in total. The molecular weight excluding hydrogens is 416 g/mol. The molecule has 0 aliphatic carbocycles. The van der Waals surface area contributed by atoms with Crippen molar-refractivity contribution >= 4 is 11.4 Å². The summed E-state index contributed by atoms with van der Waals surface area (Å²) in [6, 6.07) is 4.52. The summed E-state index contributed by atoms with van der Waals surface area (Å²) in [4.78, 5) is 0. The van der Waals surface area contributed by atoms with Crippen molar-refractivity contribution in [2.45, 2.75) is 90.9 Å². The summed E-state index contributed by atoms with van der Waals surface area (Å²) in [5.74, 6) is -9.62. The second kappa shape index (κ2) is 8.95. The Labute approximate surface area is 189 Å². The van der Waals surface area contributed by atoms with Gasteiger partial charge in [-0.3, -0.25) is 0 Å². The lowest BCUT2D eigenvalue weighted by atomic mass is 9.84. The highest BCUT2D eigenvalue weighted by Gasteiger charge is 2.59. The topological polar surface area (TPSA) is 52.0 Å². The van der Waals surface area contributed by atoms with E-state index >= 15 is 17.6 Å². The Kier molecular flexibility index (Phi) is 7.28. The van der Waals surface area contributed by atoms with Crippen LogP contribution in [0.4, 0.5) is 28.9 Å². The van der Waals surface area contributed by atoms with Gasteiger partial charge in [-0.15, -0.1) is 0 Å². The molecule has 0 spiro atoms. The van der Waals surface area contributed by atoms with E-state index in [0.29, 0.717) is 33.6 Å². The molecule has 0 amide bonds. The summed E-state index contributed by atoms with van der Waals surface area (Å²) < 4.78 is 62.3. The lowest BCUT2D eigenvalue weighted by Crippen LogP contribution is -2.36. The predicted molar refractivity (Wildman–Crippen MR) is 126 cm³/mol. The summed E-state index contributed by atoms with van der Waals surface area (Å²) in [7, 11) is 0. The molecule has 178 valence electrons. The zero-order chi connectivity index (χ0) is 24.8. The number of nitrogens with two attached hydrogens (primary N) is 2. The van der Waals surface area contributed by atoms with Gasteiger partial charge in [-0.1, -0.05) is 55.4 Å². The first-order valence-electron chi connectivity index (χ1n) is 11.2. The van der Waals surface area contributed by atoms with Gasteiger partial charge >= 0.3 is 11.8 Å². The summed E-state index contributed by atoms with van der Waals surface area (Å²) in [6.07, 6.45) is 0. The molecule has 6 heteroatoms. The molecule has 0 bridgehead atoms. The van der Waals surface area contributed by atoms with Crippen LogP contribution in [0.5, 0.6) is 0 Å². The van der Waals surface area contributed by atoms with Crippen molar-refractivity contribution in [2.24, 2.45) is 0 Å². The molecule has 2 rings (SSSR count). The molecule has 4 N–H and O–H groups in total. The van der Waals surface area contributed by atoms with Crippen molar-refractivity contribution in [1.29, 1.82) is 0 Å². The van der Waals surface area contributed by atoms with Gasteiger partial charge in [-0.2, -0.15) is 17.6 Å². The Morgan fingerprint density at radius 3 is 0.844 bits per heavy atom. The number of alkyl halides is 4. The summed E-state index contributed by atoms with van der Waals surface area (Å²) in [5, 5.41) is 0. The maximum atomic E-state index is 15.6. The third-order valence-electron chi connectivity index (χ3n) is 6.10. The smallest absolute Gasteiger partial charge is 0.339 e. The van der Waals surface area contributed by atoms with Gasteiger partial charge < -0.3 is 11.5 Å². The van der Waals surface area contributed by atoms with Crippen LogP contribution in [-0.4, -0.2) is 0 Å².